The molecule has 0 atom stereocenters. The number of rotatable bonds is 10. The zero-order valence-electron chi connectivity index (χ0n) is 9.67. The van der Waals surface area contributed by atoms with Crippen molar-refractivity contribution in [2.24, 2.45) is 0 Å². The fourth-order valence-corrected chi connectivity index (χ4v) is 1.48. The highest BCUT2D eigenvalue weighted by atomic mass is 16.2. The summed E-state index contributed by atoms with van der Waals surface area (Å²) in [5.74, 6) is 0. The molecule has 0 aromatic heterocycles. The Morgan fingerprint density at radius 2 is 1.36 bits per heavy atom. The third-order valence-electron chi connectivity index (χ3n) is 2.42. The van der Waals surface area contributed by atoms with Gasteiger partial charge in [0.15, 0.2) is 0 Å². The van der Waals surface area contributed by atoms with Gasteiger partial charge in [0.1, 0.15) is 0 Å². The minimum Gasteiger partial charge on any atom is -0.396 e. The zero-order valence-corrected chi connectivity index (χ0v) is 9.67. The predicted molar refractivity (Wildman–Crippen MR) is 63.5 cm³/mol. The number of unbranched alkanes of at least 4 members (excludes halogenated alkanes) is 7. The first-order valence-corrected chi connectivity index (χ1v) is 6.17. The van der Waals surface area contributed by atoms with Crippen LogP contribution in [-0.2, 0) is 0 Å². The second kappa shape index (κ2) is 12.7. The van der Waals surface area contributed by atoms with E-state index in [9.17, 15) is 0 Å². The van der Waals surface area contributed by atoms with Crippen molar-refractivity contribution in [1.82, 2.24) is 0 Å². The lowest BCUT2D eigenvalue weighted by Crippen LogP contribution is -1.81. The van der Waals surface area contributed by atoms with Gasteiger partial charge in [-0.2, -0.15) is 0 Å². The molecule has 0 aliphatic heterocycles. The summed E-state index contributed by atoms with van der Waals surface area (Å²) < 4.78 is 0. The topological polar surface area (TPSA) is 20.2 Å². The van der Waals surface area contributed by atoms with Crippen LogP contribution in [0.15, 0.2) is 12.2 Å². The number of aliphatic hydroxyl groups is 1. The van der Waals surface area contributed by atoms with Crippen molar-refractivity contribution in [3.8, 4) is 0 Å². The van der Waals surface area contributed by atoms with Gasteiger partial charge in [0.25, 0.3) is 0 Å². The Labute approximate surface area is 89.2 Å². The summed E-state index contributed by atoms with van der Waals surface area (Å²) in [5.41, 5.74) is 0. The third kappa shape index (κ3) is 11.7. The number of hydrogen-bond donors (Lipinski definition) is 1. The first-order chi connectivity index (χ1) is 6.91. The lowest BCUT2D eigenvalue weighted by Gasteiger charge is -1.95. The second-order valence-electron chi connectivity index (χ2n) is 3.89. The molecule has 1 N–H and O–H groups in total. The molecule has 0 heterocycles. The van der Waals surface area contributed by atoms with Crippen LogP contribution in [0, 0.1) is 0 Å². The van der Waals surface area contributed by atoms with Crippen LogP contribution in [0.5, 0.6) is 0 Å². The largest absolute Gasteiger partial charge is 0.396 e. The molecule has 0 aliphatic carbocycles. The fraction of sp³-hybridized carbons (Fsp3) is 0.846. The van der Waals surface area contributed by atoms with Crippen LogP contribution in [0.1, 0.15) is 64.7 Å². The minimum absolute atomic E-state index is 0.348. The van der Waals surface area contributed by atoms with Gasteiger partial charge in [-0.1, -0.05) is 44.8 Å². The molecule has 14 heavy (non-hydrogen) atoms. The summed E-state index contributed by atoms with van der Waals surface area (Å²) in [5, 5.41) is 8.57. The van der Waals surface area contributed by atoms with Crippen LogP contribution >= 0.6 is 0 Å². The quantitative estimate of drug-likeness (QED) is 0.414. The van der Waals surface area contributed by atoms with Crippen LogP contribution in [0.4, 0.5) is 0 Å². The standard InChI is InChI=1S/C13H26O/c1-2-3-4-5-6-7-8-9-10-11-12-13-14/h7-8,14H,2-6,9-13H2,1H3. The Bertz CT molecular complexity index is 104. The van der Waals surface area contributed by atoms with Crippen molar-refractivity contribution in [3.63, 3.8) is 0 Å². The van der Waals surface area contributed by atoms with Crippen LogP contribution < -0.4 is 0 Å². The van der Waals surface area contributed by atoms with Crippen LogP contribution in [0.2, 0.25) is 0 Å². The molecule has 0 unspecified atom stereocenters. The number of allylic oxidation sites excluding steroid dienone is 2. The van der Waals surface area contributed by atoms with Gasteiger partial charge in [-0.05, 0) is 32.1 Å². The zero-order chi connectivity index (χ0) is 10.5. The molecule has 0 radical (unpaired) electrons. The average molecular weight is 198 g/mol. The molecule has 0 aliphatic rings. The molecule has 0 aromatic carbocycles. The maximum Gasteiger partial charge on any atom is 0.0431 e. The monoisotopic (exact) mass is 198 g/mol. The van der Waals surface area contributed by atoms with Crippen molar-refractivity contribution in [1.29, 1.82) is 0 Å². The minimum atomic E-state index is 0.348. The van der Waals surface area contributed by atoms with Gasteiger partial charge in [-0.3, -0.25) is 0 Å². The molecule has 1 nitrogen and oxygen atoms in total. The SMILES string of the molecule is CCCCCCC=CCCCCCO. The molecule has 0 aromatic rings. The van der Waals surface area contributed by atoms with E-state index in [1.807, 2.05) is 0 Å². The van der Waals surface area contributed by atoms with Crippen LogP contribution in [0.25, 0.3) is 0 Å². The van der Waals surface area contributed by atoms with Crippen LogP contribution in [0.3, 0.4) is 0 Å². The molecule has 0 bridgehead atoms. The van der Waals surface area contributed by atoms with Gasteiger partial charge in [0, 0.05) is 6.61 Å². The van der Waals surface area contributed by atoms with Gasteiger partial charge in [0.05, 0.1) is 0 Å². The van der Waals surface area contributed by atoms with Crippen molar-refractivity contribution in [2.45, 2.75) is 64.7 Å². The molecule has 0 rings (SSSR count). The summed E-state index contributed by atoms with van der Waals surface area (Å²) in [6.07, 6.45) is 15.8. The van der Waals surface area contributed by atoms with E-state index < -0.39 is 0 Å². The highest BCUT2D eigenvalue weighted by Gasteiger charge is 1.86. The second-order valence-corrected chi connectivity index (χ2v) is 3.89. The summed E-state index contributed by atoms with van der Waals surface area (Å²) >= 11 is 0. The smallest absolute Gasteiger partial charge is 0.0431 e. The lowest BCUT2D eigenvalue weighted by atomic mass is 10.1. The normalized spacial score (nSPS) is 11.3. The summed E-state index contributed by atoms with van der Waals surface area (Å²) in [7, 11) is 0. The van der Waals surface area contributed by atoms with Gasteiger partial charge in [-0.15, -0.1) is 0 Å². The first-order valence-electron chi connectivity index (χ1n) is 6.17. The Balaban J connectivity index is 2.96. The Hall–Kier alpha value is -0.300. The Morgan fingerprint density at radius 1 is 0.786 bits per heavy atom. The summed E-state index contributed by atoms with van der Waals surface area (Å²) in [6, 6.07) is 0. The molecule has 0 amide bonds. The molecule has 84 valence electrons. The van der Waals surface area contributed by atoms with E-state index in [2.05, 4.69) is 19.1 Å². The molecule has 0 saturated heterocycles. The van der Waals surface area contributed by atoms with E-state index >= 15 is 0 Å². The number of aliphatic hydroxyl groups excluding tert-OH is 1. The molecule has 0 saturated carbocycles. The molecule has 1 heteroatoms. The van der Waals surface area contributed by atoms with Gasteiger partial charge < -0.3 is 5.11 Å². The van der Waals surface area contributed by atoms with E-state index in [-0.39, 0.29) is 0 Å². The van der Waals surface area contributed by atoms with E-state index in [1.165, 1.54) is 44.9 Å². The summed E-state index contributed by atoms with van der Waals surface area (Å²) in [4.78, 5) is 0. The van der Waals surface area contributed by atoms with E-state index in [0.717, 1.165) is 12.8 Å². The van der Waals surface area contributed by atoms with Crippen molar-refractivity contribution in [3.05, 3.63) is 12.2 Å². The van der Waals surface area contributed by atoms with Crippen molar-refractivity contribution < 1.29 is 5.11 Å². The van der Waals surface area contributed by atoms with Crippen molar-refractivity contribution >= 4 is 0 Å². The van der Waals surface area contributed by atoms with Gasteiger partial charge in [0.2, 0.25) is 0 Å². The highest BCUT2D eigenvalue weighted by molar-refractivity contribution is 4.81. The number of hydrogen-bond acceptors (Lipinski definition) is 1. The Morgan fingerprint density at radius 3 is 1.86 bits per heavy atom. The van der Waals surface area contributed by atoms with Crippen molar-refractivity contribution in [2.75, 3.05) is 6.61 Å². The fourth-order valence-electron chi connectivity index (χ4n) is 1.48. The van der Waals surface area contributed by atoms with Crippen LogP contribution in [-0.4, -0.2) is 11.7 Å². The van der Waals surface area contributed by atoms with Gasteiger partial charge >= 0.3 is 0 Å². The summed E-state index contributed by atoms with van der Waals surface area (Å²) in [6.45, 7) is 2.59. The Kier molecular flexibility index (Phi) is 12.4. The van der Waals surface area contributed by atoms with Gasteiger partial charge in [-0.25, -0.2) is 0 Å². The third-order valence-corrected chi connectivity index (χ3v) is 2.42. The predicted octanol–water partition coefficient (Wildman–Crippen LogP) is 4.07. The maximum absolute atomic E-state index is 8.57. The molecule has 0 fully saturated rings. The maximum atomic E-state index is 8.57. The molecular formula is C13H26O. The van der Waals surface area contributed by atoms with E-state index in [0.29, 0.717) is 6.61 Å². The molecular weight excluding hydrogens is 172 g/mol. The first kappa shape index (κ1) is 13.7. The molecule has 0 spiro atoms. The highest BCUT2D eigenvalue weighted by Crippen LogP contribution is 2.05. The van der Waals surface area contributed by atoms with E-state index in [4.69, 9.17) is 5.11 Å². The average Bonchev–Trinajstić information content (AvgIpc) is 2.21. The van der Waals surface area contributed by atoms with E-state index in [1.54, 1.807) is 0 Å². The lowest BCUT2D eigenvalue weighted by molar-refractivity contribution is 0.283.